The number of hydrogen-bond acceptors (Lipinski definition) is 5. The summed E-state index contributed by atoms with van der Waals surface area (Å²) in [6.07, 6.45) is 1.83. The highest BCUT2D eigenvalue weighted by atomic mass is 35.5. The topological polar surface area (TPSA) is 117 Å². The molecule has 11 heteroatoms. The van der Waals surface area contributed by atoms with Crippen LogP contribution in [0.4, 0.5) is 5.82 Å². The number of anilines is 1. The van der Waals surface area contributed by atoms with Gasteiger partial charge < -0.3 is 5.32 Å². The number of aromatic nitrogens is 3. The second-order valence-corrected chi connectivity index (χ2v) is 7.06. The summed E-state index contributed by atoms with van der Waals surface area (Å²) < 4.78 is 26.5. The van der Waals surface area contributed by atoms with Gasteiger partial charge in [-0.05, 0) is 24.6 Å². The van der Waals surface area contributed by atoms with Crippen LogP contribution >= 0.6 is 23.2 Å². The number of carbonyl (C=O) groups is 1. The lowest BCUT2D eigenvalue weighted by atomic mass is 10.3. The quantitative estimate of drug-likeness (QED) is 0.636. The molecule has 8 nitrogen and oxygen atoms in total. The molecule has 1 amide bonds. The number of aromatic amines is 1. The SMILES string of the molecule is O=C(CCCNS(=O)(=O)c1ccc(Cl)c(Cl)c1)Nc1cn[nH]n1. The molecule has 1 aromatic heterocycles. The molecular weight excluding hydrogens is 365 g/mol. The van der Waals surface area contributed by atoms with Crippen LogP contribution in [0.15, 0.2) is 29.3 Å². The Balaban J connectivity index is 1.80. The Kier molecular flexibility index (Phi) is 5.94. The first-order valence-electron chi connectivity index (χ1n) is 6.49. The Bertz CT molecular complexity index is 780. The van der Waals surface area contributed by atoms with Gasteiger partial charge in [0, 0.05) is 13.0 Å². The minimum atomic E-state index is -3.70. The van der Waals surface area contributed by atoms with Crippen LogP contribution in [0.25, 0.3) is 0 Å². The third-order valence-corrected chi connectivity index (χ3v) is 4.95. The standard InChI is InChI=1S/C12H13Cl2N5O3S/c13-9-4-3-8(6-10(9)14)23(21,22)16-5-1-2-12(20)17-11-7-15-19-18-11/h3-4,6-7,16H,1-2,5H2,(H2,15,17,18,19,20). The van der Waals surface area contributed by atoms with E-state index in [0.717, 1.165) is 0 Å². The van der Waals surface area contributed by atoms with E-state index in [9.17, 15) is 13.2 Å². The molecule has 0 bridgehead atoms. The lowest BCUT2D eigenvalue weighted by Gasteiger charge is -2.07. The zero-order valence-electron chi connectivity index (χ0n) is 11.7. The summed E-state index contributed by atoms with van der Waals surface area (Å²) in [6, 6.07) is 4.03. The Morgan fingerprint density at radius 3 is 2.70 bits per heavy atom. The summed E-state index contributed by atoms with van der Waals surface area (Å²) in [4.78, 5) is 11.6. The van der Waals surface area contributed by atoms with Crippen molar-refractivity contribution >= 4 is 45.0 Å². The first kappa shape index (κ1) is 17.7. The summed E-state index contributed by atoms with van der Waals surface area (Å²) in [7, 11) is -3.70. The predicted octanol–water partition coefficient (Wildman–Crippen LogP) is 1.81. The smallest absolute Gasteiger partial charge is 0.240 e. The number of benzene rings is 1. The molecule has 0 fully saturated rings. The second-order valence-electron chi connectivity index (χ2n) is 4.48. The zero-order chi connectivity index (χ0) is 16.9. The van der Waals surface area contributed by atoms with Gasteiger partial charge >= 0.3 is 0 Å². The summed E-state index contributed by atoms with van der Waals surface area (Å²) in [6.45, 7) is 0.106. The van der Waals surface area contributed by atoms with Gasteiger partial charge in [0.15, 0.2) is 5.82 Å². The molecule has 0 spiro atoms. The van der Waals surface area contributed by atoms with Crippen LogP contribution in [0.5, 0.6) is 0 Å². The summed E-state index contributed by atoms with van der Waals surface area (Å²) >= 11 is 11.5. The number of carbonyl (C=O) groups excluding carboxylic acids is 1. The number of nitrogens with zero attached hydrogens (tertiary/aromatic N) is 2. The van der Waals surface area contributed by atoms with Crippen LogP contribution in [0.2, 0.25) is 10.0 Å². The van der Waals surface area contributed by atoms with E-state index in [1.54, 1.807) is 0 Å². The van der Waals surface area contributed by atoms with Crippen molar-refractivity contribution in [3.05, 3.63) is 34.4 Å². The molecule has 0 radical (unpaired) electrons. The molecule has 0 unspecified atom stereocenters. The maximum absolute atomic E-state index is 12.1. The van der Waals surface area contributed by atoms with Crippen molar-refractivity contribution in [2.24, 2.45) is 0 Å². The number of H-pyrrole nitrogens is 1. The molecular formula is C12H13Cl2N5O3S. The van der Waals surface area contributed by atoms with E-state index in [0.29, 0.717) is 12.2 Å². The first-order valence-corrected chi connectivity index (χ1v) is 8.73. The molecule has 1 aromatic carbocycles. The number of rotatable bonds is 7. The van der Waals surface area contributed by atoms with E-state index >= 15 is 0 Å². The van der Waals surface area contributed by atoms with Gasteiger partial charge in [-0.25, -0.2) is 13.1 Å². The summed E-state index contributed by atoms with van der Waals surface area (Å²) in [5, 5.41) is 12.5. The average molecular weight is 378 g/mol. The van der Waals surface area contributed by atoms with Gasteiger partial charge in [0.05, 0.1) is 21.1 Å². The number of sulfonamides is 1. The molecule has 2 aromatic rings. The van der Waals surface area contributed by atoms with Crippen LogP contribution in [-0.4, -0.2) is 36.3 Å². The fraction of sp³-hybridized carbons (Fsp3) is 0.250. The molecule has 0 aliphatic heterocycles. The second kappa shape index (κ2) is 7.73. The number of nitrogens with one attached hydrogen (secondary N) is 3. The van der Waals surface area contributed by atoms with Crippen molar-refractivity contribution in [2.45, 2.75) is 17.7 Å². The van der Waals surface area contributed by atoms with E-state index in [4.69, 9.17) is 23.2 Å². The van der Waals surface area contributed by atoms with Crippen molar-refractivity contribution in [1.29, 1.82) is 0 Å². The highest BCUT2D eigenvalue weighted by Gasteiger charge is 2.15. The lowest BCUT2D eigenvalue weighted by molar-refractivity contribution is -0.116. The van der Waals surface area contributed by atoms with Crippen molar-refractivity contribution < 1.29 is 13.2 Å². The maximum atomic E-state index is 12.1. The molecule has 0 aliphatic carbocycles. The molecule has 0 saturated carbocycles. The Labute approximate surface area is 142 Å². The minimum Gasteiger partial charge on any atom is -0.308 e. The van der Waals surface area contributed by atoms with Crippen molar-refractivity contribution in [2.75, 3.05) is 11.9 Å². The molecule has 0 aliphatic rings. The van der Waals surface area contributed by atoms with Crippen molar-refractivity contribution in [3.8, 4) is 0 Å². The lowest BCUT2D eigenvalue weighted by Crippen LogP contribution is -2.25. The van der Waals surface area contributed by atoms with E-state index < -0.39 is 10.0 Å². The number of amides is 1. The van der Waals surface area contributed by atoms with Gasteiger partial charge in [0.25, 0.3) is 0 Å². The van der Waals surface area contributed by atoms with E-state index in [-0.39, 0.29) is 33.8 Å². The van der Waals surface area contributed by atoms with Gasteiger partial charge in [-0.1, -0.05) is 23.2 Å². The Hall–Kier alpha value is -1.68. The molecule has 0 atom stereocenters. The van der Waals surface area contributed by atoms with Gasteiger partial charge in [-0.15, -0.1) is 5.10 Å². The van der Waals surface area contributed by atoms with Crippen LogP contribution < -0.4 is 10.0 Å². The molecule has 2 rings (SSSR count). The molecule has 23 heavy (non-hydrogen) atoms. The third-order valence-electron chi connectivity index (χ3n) is 2.76. The van der Waals surface area contributed by atoms with Gasteiger partial charge in [0.1, 0.15) is 0 Å². The van der Waals surface area contributed by atoms with E-state index in [1.165, 1.54) is 24.4 Å². The summed E-state index contributed by atoms with van der Waals surface area (Å²) in [5.74, 6) is 0.0269. The van der Waals surface area contributed by atoms with Crippen LogP contribution in [0.1, 0.15) is 12.8 Å². The van der Waals surface area contributed by atoms with Crippen LogP contribution in [0, 0.1) is 0 Å². The van der Waals surface area contributed by atoms with Crippen molar-refractivity contribution in [1.82, 2.24) is 20.1 Å². The summed E-state index contributed by atoms with van der Waals surface area (Å²) in [5.41, 5.74) is 0. The largest absolute Gasteiger partial charge is 0.308 e. The molecule has 124 valence electrons. The van der Waals surface area contributed by atoms with Crippen molar-refractivity contribution in [3.63, 3.8) is 0 Å². The fourth-order valence-corrected chi connectivity index (χ4v) is 3.11. The fourth-order valence-electron chi connectivity index (χ4n) is 1.65. The zero-order valence-corrected chi connectivity index (χ0v) is 14.0. The predicted molar refractivity (Wildman–Crippen MR) is 85.9 cm³/mol. The maximum Gasteiger partial charge on any atom is 0.240 e. The van der Waals surface area contributed by atoms with Gasteiger partial charge in [0.2, 0.25) is 15.9 Å². The number of halogens is 2. The first-order chi connectivity index (χ1) is 10.9. The van der Waals surface area contributed by atoms with Gasteiger partial charge in [-0.3, -0.25) is 4.79 Å². The highest BCUT2D eigenvalue weighted by Crippen LogP contribution is 2.24. The monoisotopic (exact) mass is 377 g/mol. The molecule has 3 N–H and O–H groups in total. The Morgan fingerprint density at radius 1 is 1.26 bits per heavy atom. The Morgan fingerprint density at radius 2 is 2.04 bits per heavy atom. The molecule has 0 saturated heterocycles. The normalized spacial score (nSPS) is 11.4. The minimum absolute atomic E-state index is 0.0129. The molecule has 1 heterocycles. The van der Waals surface area contributed by atoms with Gasteiger partial charge in [-0.2, -0.15) is 10.3 Å². The average Bonchev–Trinajstić information content (AvgIpc) is 2.99. The highest BCUT2D eigenvalue weighted by molar-refractivity contribution is 7.89. The van der Waals surface area contributed by atoms with E-state index in [1.807, 2.05) is 0 Å². The van der Waals surface area contributed by atoms with E-state index in [2.05, 4.69) is 25.4 Å². The number of hydrogen-bond donors (Lipinski definition) is 3. The van der Waals surface area contributed by atoms with Crippen LogP contribution in [0.3, 0.4) is 0 Å². The third kappa shape index (κ3) is 5.17. The van der Waals surface area contributed by atoms with Crippen LogP contribution in [-0.2, 0) is 14.8 Å².